The molecule has 0 spiro atoms. The average molecular weight is 239 g/mol. The van der Waals surface area contributed by atoms with Gasteiger partial charge in [-0.2, -0.15) is 0 Å². The van der Waals surface area contributed by atoms with Crippen molar-refractivity contribution in [2.75, 3.05) is 19.6 Å². The Labute approximate surface area is 102 Å². The van der Waals surface area contributed by atoms with Crippen molar-refractivity contribution < 1.29 is 9.59 Å². The number of hydrogen-bond donors (Lipinski definition) is 2. The van der Waals surface area contributed by atoms with Crippen LogP contribution in [-0.4, -0.2) is 48.4 Å². The zero-order chi connectivity index (χ0) is 12.3. The first kappa shape index (κ1) is 12.4. The Balaban J connectivity index is 1.96. The van der Waals surface area contributed by atoms with Gasteiger partial charge in [0.25, 0.3) is 0 Å². The van der Waals surface area contributed by atoms with E-state index in [2.05, 4.69) is 10.6 Å². The average Bonchev–Trinajstić information content (AvgIpc) is 2.78. The van der Waals surface area contributed by atoms with Gasteiger partial charge in [0, 0.05) is 25.6 Å². The highest BCUT2D eigenvalue weighted by atomic mass is 16.2. The molecule has 5 heteroatoms. The Hall–Kier alpha value is -1.10. The highest BCUT2D eigenvalue weighted by Gasteiger charge is 2.33. The largest absolute Gasteiger partial charge is 0.344 e. The molecule has 17 heavy (non-hydrogen) atoms. The number of amides is 2. The van der Waals surface area contributed by atoms with Crippen molar-refractivity contribution in [3.8, 4) is 0 Å². The summed E-state index contributed by atoms with van der Waals surface area (Å²) >= 11 is 0. The maximum atomic E-state index is 12.3. The molecule has 1 unspecified atom stereocenters. The van der Waals surface area contributed by atoms with E-state index in [1.54, 1.807) is 0 Å². The lowest BCUT2D eigenvalue weighted by Gasteiger charge is -2.35. The van der Waals surface area contributed by atoms with Crippen LogP contribution in [0.15, 0.2) is 0 Å². The fourth-order valence-corrected chi connectivity index (χ4v) is 2.69. The van der Waals surface area contributed by atoms with E-state index in [4.69, 9.17) is 0 Å². The topological polar surface area (TPSA) is 61.4 Å². The van der Waals surface area contributed by atoms with E-state index in [-0.39, 0.29) is 17.9 Å². The second-order valence-electron chi connectivity index (χ2n) is 4.78. The van der Waals surface area contributed by atoms with Crippen LogP contribution >= 0.6 is 0 Å². The zero-order valence-electron chi connectivity index (χ0n) is 10.4. The molecule has 0 radical (unpaired) electrons. The van der Waals surface area contributed by atoms with E-state index in [0.717, 1.165) is 32.5 Å². The highest BCUT2D eigenvalue weighted by Crippen LogP contribution is 2.15. The third kappa shape index (κ3) is 2.77. The molecule has 2 atom stereocenters. The van der Waals surface area contributed by atoms with Crippen molar-refractivity contribution in [1.82, 2.24) is 15.5 Å². The Morgan fingerprint density at radius 2 is 2.29 bits per heavy atom. The normalized spacial score (nSPS) is 28.9. The van der Waals surface area contributed by atoms with Gasteiger partial charge < -0.3 is 15.5 Å². The van der Waals surface area contributed by atoms with Crippen molar-refractivity contribution >= 4 is 11.8 Å². The zero-order valence-corrected chi connectivity index (χ0v) is 10.4. The summed E-state index contributed by atoms with van der Waals surface area (Å²) in [5, 5.41) is 6.08. The minimum Gasteiger partial charge on any atom is -0.344 e. The summed E-state index contributed by atoms with van der Waals surface area (Å²) in [7, 11) is 0. The molecule has 0 aromatic rings. The number of nitrogens with one attached hydrogen (secondary N) is 2. The number of hydrogen-bond acceptors (Lipinski definition) is 3. The van der Waals surface area contributed by atoms with E-state index >= 15 is 0 Å². The molecule has 0 aromatic heterocycles. The van der Waals surface area contributed by atoms with Gasteiger partial charge >= 0.3 is 0 Å². The highest BCUT2D eigenvalue weighted by molar-refractivity contribution is 5.91. The summed E-state index contributed by atoms with van der Waals surface area (Å²) < 4.78 is 0. The molecule has 2 saturated heterocycles. The Bertz CT molecular complexity index is 300. The van der Waals surface area contributed by atoms with Gasteiger partial charge in [0.2, 0.25) is 11.8 Å². The molecule has 0 bridgehead atoms. The van der Waals surface area contributed by atoms with Gasteiger partial charge in [-0.1, -0.05) is 0 Å². The molecule has 5 nitrogen and oxygen atoms in total. The van der Waals surface area contributed by atoms with Crippen LogP contribution in [0.1, 0.15) is 32.6 Å². The third-order valence-electron chi connectivity index (χ3n) is 3.63. The monoisotopic (exact) mass is 239 g/mol. The Morgan fingerprint density at radius 1 is 1.47 bits per heavy atom. The first-order valence-electron chi connectivity index (χ1n) is 6.53. The van der Waals surface area contributed by atoms with Gasteiger partial charge in [-0.3, -0.25) is 9.59 Å². The summed E-state index contributed by atoms with van der Waals surface area (Å²) in [5.41, 5.74) is 0. The van der Waals surface area contributed by atoms with E-state index < -0.39 is 0 Å². The van der Waals surface area contributed by atoms with Crippen molar-refractivity contribution in [3.05, 3.63) is 0 Å². The van der Waals surface area contributed by atoms with Crippen LogP contribution in [0.5, 0.6) is 0 Å². The first-order chi connectivity index (χ1) is 8.22. The van der Waals surface area contributed by atoms with Gasteiger partial charge in [0.05, 0.1) is 0 Å². The van der Waals surface area contributed by atoms with Gasteiger partial charge in [-0.05, 0) is 32.7 Å². The van der Waals surface area contributed by atoms with Crippen LogP contribution in [0.4, 0.5) is 0 Å². The van der Waals surface area contributed by atoms with Crippen LogP contribution in [0.2, 0.25) is 0 Å². The van der Waals surface area contributed by atoms with Crippen molar-refractivity contribution in [2.45, 2.75) is 44.7 Å². The number of piperidine rings is 1. The molecule has 2 aliphatic rings. The second kappa shape index (κ2) is 5.49. The lowest BCUT2D eigenvalue weighted by molar-refractivity contribution is -0.136. The molecular weight excluding hydrogens is 218 g/mol. The lowest BCUT2D eigenvalue weighted by atomic mass is 10.0. The van der Waals surface area contributed by atoms with Crippen LogP contribution < -0.4 is 10.6 Å². The van der Waals surface area contributed by atoms with E-state index in [9.17, 15) is 9.59 Å². The van der Waals surface area contributed by atoms with E-state index in [1.807, 2.05) is 11.8 Å². The fourth-order valence-electron chi connectivity index (χ4n) is 2.69. The van der Waals surface area contributed by atoms with E-state index in [0.29, 0.717) is 18.9 Å². The molecule has 0 aliphatic carbocycles. The van der Waals surface area contributed by atoms with Crippen LogP contribution in [0, 0.1) is 0 Å². The third-order valence-corrected chi connectivity index (χ3v) is 3.63. The molecule has 2 amide bonds. The summed E-state index contributed by atoms with van der Waals surface area (Å²) in [4.78, 5) is 25.4. The van der Waals surface area contributed by atoms with Crippen molar-refractivity contribution in [3.63, 3.8) is 0 Å². The van der Waals surface area contributed by atoms with Crippen LogP contribution in [-0.2, 0) is 9.59 Å². The number of carbonyl (C=O) groups excluding carboxylic acids is 2. The Morgan fingerprint density at radius 3 is 2.82 bits per heavy atom. The predicted octanol–water partition coefficient (Wildman–Crippen LogP) is -0.134. The van der Waals surface area contributed by atoms with Crippen LogP contribution in [0.3, 0.4) is 0 Å². The molecule has 2 rings (SSSR count). The molecule has 96 valence electrons. The first-order valence-corrected chi connectivity index (χ1v) is 6.53. The van der Waals surface area contributed by atoms with E-state index in [1.165, 1.54) is 0 Å². The smallest absolute Gasteiger partial charge is 0.245 e. The molecule has 2 heterocycles. The standard InChI is InChI=1S/C12H21N3O2/c1-2-15(9-4-3-7-13-8-9)12(17)10-5-6-11(16)14-10/h9-10,13H,2-8H2,1H3,(H,14,16)/t9?,10-/m0/s1. The molecule has 0 aromatic carbocycles. The molecule has 2 aliphatic heterocycles. The van der Waals surface area contributed by atoms with Gasteiger partial charge in [0.15, 0.2) is 0 Å². The van der Waals surface area contributed by atoms with Gasteiger partial charge in [-0.25, -0.2) is 0 Å². The number of carbonyl (C=O) groups is 2. The molecule has 2 N–H and O–H groups in total. The second-order valence-corrected chi connectivity index (χ2v) is 4.78. The summed E-state index contributed by atoms with van der Waals surface area (Å²) in [5.74, 6) is 0.0909. The van der Waals surface area contributed by atoms with Crippen molar-refractivity contribution in [1.29, 1.82) is 0 Å². The molecule has 2 fully saturated rings. The van der Waals surface area contributed by atoms with Gasteiger partial charge in [0.1, 0.15) is 6.04 Å². The SMILES string of the molecule is CCN(C(=O)[C@@H]1CCC(=O)N1)C1CCCNC1. The predicted molar refractivity (Wildman–Crippen MR) is 64.4 cm³/mol. The van der Waals surface area contributed by atoms with Crippen LogP contribution in [0.25, 0.3) is 0 Å². The summed E-state index contributed by atoms with van der Waals surface area (Å²) in [6.07, 6.45) is 3.31. The number of nitrogens with zero attached hydrogens (tertiary/aromatic N) is 1. The quantitative estimate of drug-likeness (QED) is 0.721. The number of rotatable bonds is 3. The molecular formula is C12H21N3O2. The maximum absolute atomic E-state index is 12.3. The Kier molecular flexibility index (Phi) is 3.99. The summed E-state index contributed by atoms with van der Waals surface area (Å²) in [6, 6.07) is 0.00290. The van der Waals surface area contributed by atoms with Crippen molar-refractivity contribution in [2.24, 2.45) is 0 Å². The lowest BCUT2D eigenvalue weighted by Crippen LogP contribution is -2.53. The number of likely N-dealkylation sites (N-methyl/N-ethyl adjacent to an activating group) is 1. The minimum atomic E-state index is -0.288. The summed E-state index contributed by atoms with van der Waals surface area (Å²) in [6.45, 7) is 4.64. The van der Waals surface area contributed by atoms with Gasteiger partial charge in [-0.15, -0.1) is 0 Å². The fraction of sp³-hybridized carbons (Fsp3) is 0.833. The minimum absolute atomic E-state index is 0.00109. The molecule has 0 saturated carbocycles. The maximum Gasteiger partial charge on any atom is 0.245 e.